The second kappa shape index (κ2) is 13.5. The lowest BCUT2D eigenvalue weighted by Gasteiger charge is -2.31. The summed E-state index contributed by atoms with van der Waals surface area (Å²) in [5, 5.41) is 16.0. The minimum atomic E-state index is -1.38. The van der Waals surface area contributed by atoms with E-state index in [0.29, 0.717) is 48.0 Å². The highest BCUT2D eigenvalue weighted by Crippen LogP contribution is 2.44. The fourth-order valence-corrected chi connectivity index (χ4v) is 4.73. The number of azide groups is 1. The maximum atomic E-state index is 14.1. The van der Waals surface area contributed by atoms with Crippen LogP contribution in [0.5, 0.6) is 5.75 Å². The van der Waals surface area contributed by atoms with Crippen molar-refractivity contribution >= 4 is 33.4 Å². The molecule has 2 N–H and O–H groups in total. The third-order valence-electron chi connectivity index (χ3n) is 6.48. The van der Waals surface area contributed by atoms with E-state index < -0.39 is 11.6 Å². The van der Waals surface area contributed by atoms with E-state index in [9.17, 15) is 4.79 Å². The van der Waals surface area contributed by atoms with Crippen LogP contribution in [0.2, 0.25) is 0 Å². The van der Waals surface area contributed by atoms with Crippen LogP contribution in [0.15, 0.2) is 87.4 Å². The summed E-state index contributed by atoms with van der Waals surface area (Å²) >= 11 is 3.49. The second-order valence-electron chi connectivity index (χ2n) is 9.94. The first-order valence-electron chi connectivity index (χ1n) is 13.1. The number of halogens is 1. The van der Waals surface area contributed by atoms with E-state index in [1.54, 1.807) is 12.1 Å². The number of nitrogens with one attached hydrogen (secondary N) is 1. The van der Waals surface area contributed by atoms with Crippen molar-refractivity contribution in [2.45, 2.75) is 38.3 Å². The number of hydrogen-bond acceptors (Lipinski definition) is 6. The van der Waals surface area contributed by atoms with Crippen molar-refractivity contribution in [3.8, 4) is 5.75 Å². The third-order valence-corrected chi connectivity index (χ3v) is 7.01. The zero-order valence-corrected chi connectivity index (χ0v) is 24.0. The summed E-state index contributed by atoms with van der Waals surface area (Å²) in [5.41, 5.74) is 10.4. The molecule has 0 bridgehead atoms. The number of benzene rings is 3. The van der Waals surface area contributed by atoms with Gasteiger partial charge in [0.15, 0.2) is 11.6 Å². The molecule has 1 amide bonds. The third kappa shape index (κ3) is 6.83. The first-order chi connectivity index (χ1) is 19.4. The van der Waals surface area contributed by atoms with E-state index in [1.807, 2.05) is 74.5 Å². The maximum Gasteiger partial charge on any atom is 0.252 e. The molecule has 0 fully saturated rings. The molecule has 4 rings (SSSR count). The Kier molecular flexibility index (Phi) is 9.82. The average molecular weight is 607 g/mol. The summed E-state index contributed by atoms with van der Waals surface area (Å²) < 4.78 is 13.1. The second-order valence-corrected chi connectivity index (χ2v) is 10.9. The van der Waals surface area contributed by atoms with Gasteiger partial charge in [-0.2, -0.15) is 0 Å². The molecule has 208 valence electrons. The summed E-state index contributed by atoms with van der Waals surface area (Å²) in [4.78, 5) is 22.1. The van der Waals surface area contributed by atoms with Crippen LogP contribution in [0.1, 0.15) is 43.1 Å². The summed E-state index contributed by atoms with van der Waals surface area (Å²) in [7, 11) is 0. The highest BCUT2D eigenvalue weighted by molar-refractivity contribution is 9.10. The van der Waals surface area contributed by atoms with Gasteiger partial charge in [0.1, 0.15) is 5.75 Å². The van der Waals surface area contributed by atoms with Crippen molar-refractivity contribution in [2.75, 3.05) is 19.8 Å². The minimum absolute atomic E-state index is 0.0595. The van der Waals surface area contributed by atoms with E-state index in [0.717, 1.165) is 10.0 Å². The summed E-state index contributed by atoms with van der Waals surface area (Å²) in [6, 6.07) is 22.1. The van der Waals surface area contributed by atoms with Crippen LogP contribution >= 0.6 is 15.9 Å². The van der Waals surface area contributed by atoms with Crippen molar-refractivity contribution in [3.05, 3.63) is 104 Å². The molecule has 0 saturated carbocycles. The summed E-state index contributed by atoms with van der Waals surface area (Å²) in [5.74, 6) is 0.941. The molecule has 9 nitrogen and oxygen atoms in total. The van der Waals surface area contributed by atoms with Crippen LogP contribution in [0.25, 0.3) is 10.4 Å². The number of amides is 1. The van der Waals surface area contributed by atoms with Gasteiger partial charge in [0, 0.05) is 46.6 Å². The molecule has 1 heterocycles. The van der Waals surface area contributed by atoms with Crippen molar-refractivity contribution in [1.82, 2.24) is 5.32 Å². The van der Waals surface area contributed by atoms with Gasteiger partial charge in [0.05, 0.1) is 6.61 Å². The van der Waals surface area contributed by atoms with Gasteiger partial charge in [-0.05, 0) is 59.0 Å². The fraction of sp³-hybridized carbons (Fsp3) is 0.333. The first-order valence-corrected chi connectivity index (χ1v) is 13.9. The Labute approximate surface area is 242 Å². The molecule has 1 aliphatic heterocycles. The van der Waals surface area contributed by atoms with Crippen molar-refractivity contribution in [3.63, 3.8) is 0 Å². The zero-order chi connectivity index (χ0) is 28.5. The molecule has 2 atom stereocenters. The van der Waals surface area contributed by atoms with E-state index >= 15 is 0 Å². The number of aliphatic hydroxyl groups is 1. The zero-order valence-electron chi connectivity index (χ0n) is 22.5. The molecule has 3 aromatic carbocycles. The van der Waals surface area contributed by atoms with Crippen LogP contribution in [0.3, 0.4) is 0 Å². The Morgan fingerprint density at radius 2 is 1.90 bits per heavy atom. The molecule has 0 radical (unpaired) electrons. The molecule has 40 heavy (non-hydrogen) atoms. The summed E-state index contributed by atoms with van der Waals surface area (Å²) in [6.07, 6.45) is -0.0569. The first kappa shape index (κ1) is 29.1. The van der Waals surface area contributed by atoms with Gasteiger partial charge in [-0.1, -0.05) is 71.3 Å². The maximum absolute atomic E-state index is 14.1. The molecule has 3 aromatic rings. The van der Waals surface area contributed by atoms with E-state index in [-0.39, 0.29) is 24.9 Å². The Morgan fingerprint density at radius 1 is 1.18 bits per heavy atom. The molecule has 0 saturated heterocycles. The van der Waals surface area contributed by atoms with Gasteiger partial charge in [-0.3, -0.25) is 4.79 Å². The van der Waals surface area contributed by atoms with E-state index in [4.69, 9.17) is 25.1 Å². The number of rotatable bonds is 12. The fourth-order valence-electron chi connectivity index (χ4n) is 4.47. The Morgan fingerprint density at radius 3 is 2.58 bits per heavy atom. The Bertz CT molecular complexity index is 1390. The van der Waals surface area contributed by atoms with Gasteiger partial charge in [-0.15, -0.1) is 0 Å². The number of aliphatic hydroxyl groups excluding tert-OH is 1. The lowest BCUT2D eigenvalue weighted by atomic mass is 9.81. The molecular weight excluding hydrogens is 574 g/mol. The van der Waals surface area contributed by atoms with Crippen molar-refractivity contribution < 1.29 is 19.4 Å². The number of carbonyl (C=O) groups is 1. The number of aliphatic imine (C=N–C) groups is 1. The standard InChI is InChI=1S/C30H32BrN5O4/c1-20(2)19-33-29(38)30(18-23-6-3-4-7-26(23)35-36-32)27(21-8-12-24(31)13-9-21)40-28(34-30)22-10-14-25(15-11-22)39-17-5-16-37/h3-4,6-15,20,27,37H,5,16-19H2,1-2H3,(H,33,38)/t27-,30-/m1/s1. The largest absolute Gasteiger partial charge is 0.494 e. The molecule has 0 aromatic heterocycles. The van der Waals surface area contributed by atoms with Gasteiger partial charge < -0.3 is 19.9 Å². The SMILES string of the molecule is CC(C)CNC(=O)[C@]1(Cc2ccccc2N=[N+]=[N-])N=C(c2ccc(OCCCO)cc2)O[C@@H]1c1ccc(Br)cc1. The van der Waals surface area contributed by atoms with Gasteiger partial charge >= 0.3 is 0 Å². The van der Waals surface area contributed by atoms with E-state index in [1.165, 1.54) is 0 Å². The Hall–Kier alpha value is -3.85. The van der Waals surface area contributed by atoms with Crippen LogP contribution < -0.4 is 10.1 Å². The molecule has 0 unspecified atom stereocenters. The lowest BCUT2D eigenvalue weighted by molar-refractivity contribution is -0.129. The number of hydrogen-bond donors (Lipinski definition) is 2. The predicted octanol–water partition coefficient (Wildman–Crippen LogP) is 6.42. The number of carbonyl (C=O) groups excluding carboxylic acids is 1. The highest BCUT2D eigenvalue weighted by Gasteiger charge is 2.53. The molecule has 0 spiro atoms. The highest BCUT2D eigenvalue weighted by atomic mass is 79.9. The minimum Gasteiger partial charge on any atom is -0.494 e. The average Bonchev–Trinajstić information content (AvgIpc) is 3.34. The van der Waals surface area contributed by atoms with Crippen LogP contribution in [-0.2, 0) is 16.0 Å². The Balaban J connectivity index is 1.82. The number of nitrogens with zero attached hydrogens (tertiary/aromatic N) is 4. The molecule has 10 heteroatoms. The molecule has 0 aliphatic carbocycles. The van der Waals surface area contributed by atoms with Gasteiger partial charge in [-0.25, -0.2) is 4.99 Å². The summed E-state index contributed by atoms with van der Waals surface area (Å²) in [6.45, 7) is 4.99. The molecular formula is C30H32BrN5O4. The van der Waals surface area contributed by atoms with Gasteiger partial charge in [0.2, 0.25) is 5.90 Å². The predicted molar refractivity (Wildman–Crippen MR) is 158 cm³/mol. The molecule has 1 aliphatic rings. The van der Waals surface area contributed by atoms with E-state index in [2.05, 4.69) is 31.3 Å². The van der Waals surface area contributed by atoms with Crippen molar-refractivity contribution in [1.29, 1.82) is 0 Å². The van der Waals surface area contributed by atoms with Crippen LogP contribution in [0.4, 0.5) is 5.69 Å². The van der Waals surface area contributed by atoms with Crippen LogP contribution in [-0.4, -0.2) is 42.2 Å². The van der Waals surface area contributed by atoms with Crippen molar-refractivity contribution in [2.24, 2.45) is 16.0 Å². The van der Waals surface area contributed by atoms with Crippen LogP contribution in [0, 0.1) is 5.92 Å². The smallest absolute Gasteiger partial charge is 0.252 e. The topological polar surface area (TPSA) is 129 Å². The monoisotopic (exact) mass is 605 g/mol. The lowest BCUT2D eigenvalue weighted by Crippen LogP contribution is -2.50. The quantitative estimate of drug-likeness (QED) is 0.107. The van der Waals surface area contributed by atoms with Gasteiger partial charge in [0.25, 0.3) is 5.91 Å². The normalized spacial score (nSPS) is 18.0. The number of ether oxygens (including phenoxy) is 2.